The van der Waals surface area contributed by atoms with E-state index in [4.69, 9.17) is 9.47 Å². The number of aromatic nitrogens is 1. The zero-order valence-corrected chi connectivity index (χ0v) is 7.90. The zero-order chi connectivity index (χ0) is 9.36. The van der Waals surface area contributed by atoms with Crippen molar-refractivity contribution >= 4 is 0 Å². The Kier molecular flexibility index (Phi) is 4.94. The SMILES string of the molecule is CCCOCCOc1cccnc1. The Balaban J connectivity index is 2.07. The van der Waals surface area contributed by atoms with E-state index < -0.39 is 0 Å². The first kappa shape index (κ1) is 9.99. The van der Waals surface area contributed by atoms with E-state index in [1.54, 1.807) is 12.4 Å². The van der Waals surface area contributed by atoms with Crippen LogP contribution in [0.5, 0.6) is 5.75 Å². The lowest BCUT2D eigenvalue weighted by molar-refractivity contribution is 0.100. The normalized spacial score (nSPS) is 9.92. The van der Waals surface area contributed by atoms with Gasteiger partial charge in [-0.15, -0.1) is 0 Å². The van der Waals surface area contributed by atoms with Gasteiger partial charge in [-0.1, -0.05) is 6.92 Å². The van der Waals surface area contributed by atoms with Crippen molar-refractivity contribution in [2.75, 3.05) is 19.8 Å². The Morgan fingerprint density at radius 2 is 2.23 bits per heavy atom. The van der Waals surface area contributed by atoms with Crippen molar-refractivity contribution in [2.24, 2.45) is 0 Å². The predicted molar refractivity (Wildman–Crippen MR) is 50.8 cm³/mol. The monoisotopic (exact) mass is 181 g/mol. The van der Waals surface area contributed by atoms with Crippen LogP contribution in [0.3, 0.4) is 0 Å². The van der Waals surface area contributed by atoms with Gasteiger partial charge in [0, 0.05) is 12.8 Å². The van der Waals surface area contributed by atoms with Gasteiger partial charge in [-0.05, 0) is 18.6 Å². The van der Waals surface area contributed by atoms with E-state index in [0.29, 0.717) is 13.2 Å². The largest absolute Gasteiger partial charge is 0.490 e. The Labute approximate surface area is 78.7 Å². The fourth-order valence-electron chi connectivity index (χ4n) is 0.897. The average Bonchev–Trinajstić information content (AvgIpc) is 2.19. The fraction of sp³-hybridized carbons (Fsp3) is 0.500. The number of hydrogen-bond donors (Lipinski definition) is 0. The molecule has 1 aromatic rings. The number of rotatable bonds is 6. The molecule has 0 fully saturated rings. The van der Waals surface area contributed by atoms with Gasteiger partial charge in [0.25, 0.3) is 0 Å². The van der Waals surface area contributed by atoms with Gasteiger partial charge in [0.2, 0.25) is 0 Å². The van der Waals surface area contributed by atoms with E-state index in [9.17, 15) is 0 Å². The fourth-order valence-corrected chi connectivity index (χ4v) is 0.897. The molecule has 1 heterocycles. The molecule has 0 unspecified atom stereocenters. The van der Waals surface area contributed by atoms with E-state index in [1.807, 2.05) is 12.1 Å². The summed E-state index contributed by atoms with van der Waals surface area (Å²) >= 11 is 0. The number of hydrogen-bond acceptors (Lipinski definition) is 3. The quantitative estimate of drug-likeness (QED) is 0.628. The third-order valence-corrected chi connectivity index (χ3v) is 1.48. The second-order valence-electron chi connectivity index (χ2n) is 2.65. The van der Waals surface area contributed by atoms with Gasteiger partial charge in [-0.3, -0.25) is 4.98 Å². The summed E-state index contributed by atoms with van der Waals surface area (Å²) in [7, 11) is 0. The van der Waals surface area contributed by atoms with Gasteiger partial charge in [0.1, 0.15) is 12.4 Å². The van der Waals surface area contributed by atoms with Gasteiger partial charge >= 0.3 is 0 Å². The average molecular weight is 181 g/mol. The summed E-state index contributed by atoms with van der Waals surface area (Å²) in [6.07, 6.45) is 4.47. The Bertz CT molecular complexity index is 213. The maximum atomic E-state index is 5.37. The van der Waals surface area contributed by atoms with Crippen LogP contribution >= 0.6 is 0 Å². The molecule has 0 spiro atoms. The van der Waals surface area contributed by atoms with Crippen LogP contribution in [0.15, 0.2) is 24.5 Å². The lowest BCUT2D eigenvalue weighted by atomic mass is 10.5. The van der Waals surface area contributed by atoms with Gasteiger partial charge < -0.3 is 9.47 Å². The second-order valence-corrected chi connectivity index (χ2v) is 2.65. The van der Waals surface area contributed by atoms with Crippen LogP contribution in [0.4, 0.5) is 0 Å². The van der Waals surface area contributed by atoms with Gasteiger partial charge in [-0.25, -0.2) is 0 Å². The molecule has 0 radical (unpaired) electrons. The smallest absolute Gasteiger partial charge is 0.137 e. The van der Waals surface area contributed by atoms with E-state index in [0.717, 1.165) is 18.8 Å². The maximum absolute atomic E-state index is 5.37. The molecule has 1 aromatic heterocycles. The number of pyridine rings is 1. The highest BCUT2D eigenvalue weighted by Gasteiger charge is 1.91. The third kappa shape index (κ3) is 4.48. The zero-order valence-electron chi connectivity index (χ0n) is 7.90. The summed E-state index contributed by atoms with van der Waals surface area (Å²) in [6, 6.07) is 3.73. The minimum absolute atomic E-state index is 0.589. The Hall–Kier alpha value is -1.09. The lowest BCUT2D eigenvalue weighted by Gasteiger charge is -2.05. The van der Waals surface area contributed by atoms with Crippen molar-refractivity contribution in [3.05, 3.63) is 24.5 Å². The maximum Gasteiger partial charge on any atom is 0.137 e. The third-order valence-electron chi connectivity index (χ3n) is 1.48. The first-order chi connectivity index (χ1) is 6.43. The predicted octanol–water partition coefficient (Wildman–Crippen LogP) is 1.89. The van der Waals surface area contributed by atoms with Crippen LogP contribution in [0.2, 0.25) is 0 Å². The number of nitrogens with zero attached hydrogens (tertiary/aromatic N) is 1. The minimum atomic E-state index is 0.589. The van der Waals surface area contributed by atoms with Gasteiger partial charge in [0.05, 0.1) is 12.8 Å². The summed E-state index contributed by atoms with van der Waals surface area (Å²) in [5.74, 6) is 0.794. The molecule has 0 saturated heterocycles. The van der Waals surface area contributed by atoms with E-state index >= 15 is 0 Å². The summed E-state index contributed by atoms with van der Waals surface area (Å²) < 4.78 is 10.6. The molecule has 0 N–H and O–H groups in total. The van der Waals surface area contributed by atoms with Crippen molar-refractivity contribution < 1.29 is 9.47 Å². The molecule has 0 amide bonds. The molecule has 0 aliphatic heterocycles. The summed E-state index contributed by atoms with van der Waals surface area (Å²) in [4.78, 5) is 3.93. The van der Waals surface area contributed by atoms with Crippen LogP contribution in [-0.2, 0) is 4.74 Å². The molecule has 3 nitrogen and oxygen atoms in total. The second kappa shape index (κ2) is 6.43. The van der Waals surface area contributed by atoms with Gasteiger partial charge in [0.15, 0.2) is 0 Å². The standard InChI is InChI=1S/C10H15NO2/c1-2-6-12-7-8-13-10-4-3-5-11-9-10/h3-5,9H,2,6-8H2,1H3. The molecule has 0 saturated carbocycles. The Morgan fingerprint density at radius 1 is 1.31 bits per heavy atom. The molecule has 0 atom stereocenters. The lowest BCUT2D eigenvalue weighted by Crippen LogP contribution is -2.07. The molecular formula is C10H15NO2. The van der Waals surface area contributed by atoms with Crippen molar-refractivity contribution in [3.63, 3.8) is 0 Å². The van der Waals surface area contributed by atoms with Crippen LogP contribution in [0, 0.1) is 0 Å². The molecule has 13 heavy (non-hydrogen) atoms. The molecular weight excluding hydrogens is 166 g/mol. The topological polar surface area (TPSA) is 31.4 Å². The van der Waals surface area contributed by atoms with Crippen molar-refractivity contribution in [3.8, 4) is 5.75 Å². The van der Waals surface area contributed by atoms with Crippen LogP contribution in [0.1, 0.15) is 13.3 Å². The molecule has 0 aromatic carbocycles. The van der Waals surface area contributed by atoms with Crippen LogP contribution < -0.4 is 4.74 Å². The summed E-state index contributed by atoms with van der Waals surface area (Å²) in [5.41, 5.74) is 0. The molecule has 0 aliphatic rings. The molecule has 3 heteroatoms. The van der Waals surface area contributed by atoms with E-state index in [-0.39, 0.29) is 0 Å². The first-order valence-corrected chi connectivity index (χ1v) is 4.54. The number of ether oxygens (including phenoxy) is 2. The minimum Gasteiger partial charge on any atom is -0.490 e. The van der Waals surface area contributed by atoms with Crippen LogP contribution in [0.25, 0.3) is 0 Å². The van der Waals surface area contributed by atoms with Crippen LogP contribution in [-0.4, -0.2) is 24.8 Å². The van der Waals surface area contributed by atoms with E-state index in [2.05, 4.69) is 11.9 Å². The highest BCUT2D eigenvalue weighted by atomic mass is 16.5. The van der Waals surface area contributed by atoms with Crippen molar-refractivity contribution in [1.82, 2.24) is 4.98 Å². The molecule has 0 aliphatic carbocycles. The highest BCUT2D eigenvalue weighted by Crippen LogP contribution is 2.05. The molecule has 1 rings (SSSR count). The van der Waals surface area contributed by atoms with Crippen molar-refractivity contribution in [2.45, 2.75) is 13.3 Å². The molecule has 0 bridgehead atoms. The summed E-state index contributed by atoms with van der Waals surface area (Å²) in [5, 5.41) is 0. The van der Waals surface area contributed by atoms with E-state index in [1.165, 1.54) is 0 Å². The van der Waals surface area contributed by atoms with Crippen molar-refractivity contribution in [1.29, 1.82) is 0 Å². The summed E-state index contributed by atoms with van der Waals surface area (Å²) in [6.45, 7) is 4.12. The highest BCUT2D eigenvalue weighted by molar-refractivity contribution is 5.15. The molecule has 72 valence electrons. The Morgan fingerprint density at radius 3 is 2.92 bits per heavy atom. The first-order valence-electron chi connectivity index (χ1n) is 4.54. The van der Waals surface area contributed by atoms with Gasteiger partial charge in [-0.2, -0.15) is 0 Å².